The highest BCUT2D eigenvalue weighted by molar-refractivity contribution is 6.12. The second kappa shape index (κ2) is 7.56. The van der Waals surface area contributed by atoms with Crippen molar-refractivity contribution in [3.05, 3.63) is 95.6 Å². The van der Waals surface area contributed by atoms with Gasteiger partial charge in [0.05, 0.1) is 13.0 Å². The molecule has 2 fully saturated rings. The van der Waals surface area contributed by atoms with Crippen LogP contribution in [0.4, 0.5) is 5.69 Å². The standard InChI is InChI=1S/C28H26N2O3/c1-33-20-14-15-22-21(17-20)28(27(32)29-22)25(26(31)19-11-6-3-7-12-19)24(18-9-4-2-5-10-18)23-13-8-16-30(23)28/h2-7,9-12,14-15,17,23-25H,8,13,16H2,1H3,(H,29,32). The number of methoxy groups -OCH3 is 1. The fourth-order valence-corrected chi connectivity index (χ4v) is 6.50. The molecule has 0 aromatic heterocycles. The Balaban J connectivity index is 1.63. The third-order valence-electron chi connectivity index (χ3n) is 7.73. The van der Waals surface area contributed by atoms with Crippen LogP contribution in [0.5, 0.6) is 5.75 Å². The maximum atomic E-state index is 14.3. The predicted octanol–water partition coefficient (Wildman–Crippen LogP) is 4.60. The number of ketones is 1. The first-order chi connectivity index (χ1) is 16.2. The molecule has 3 aromatic carbocycles. The molecule has 4 atom stereocenters. The van der Waals surface area contributed by atoms with Crippen LogP contribution in [0.1, 0.15) is 40.2 Å². The number of Topliss-reactive ketones (excluding diaryl/α,β-unsaturated/α-hetero) is 1. The molecule has 33 heavy (non-hydrogen) atoms. The fourth-order valence-electron chi connectivity index (χ4n) is 6.50. The van der Waals surface area contributed by atoms with Gasteiger partial charge in [0.1, 0.15) is 11.3 Å². The summed E-state index contributed by atoms with van der Waals surface area (Å²) in [7, 11) is 1.63. The Morgan fingerprint density at radius 2 is 1.76 bits per heavy atom. The van der Waals surface area contributed by atoms with Crippen LogP contribution in [0.15, 0.2) is 78.9 Å². The van der Waals surface area contributed by atoms with Crippen molar-refractivity contribution in [2.45, 2.75) is 30.3 Å². The number of amides is 1. The molecule has 0 saturated carbocycles. The number of benzene rings is 3. The van der Waals surface area contributed by atoms with E-state index < -0.39 is 11.5 Å². The molecular weight excluding hydrogens is 412 g/mol. The lowest BCUT2D eigenvalue weighted by molar-refractivity contribution is -0.127. The van der Waals surface area contributed by atoms with Gasteiger partial charge >= 0.3 is 0 Å². The van der Waals surface area contributed by atoms with Crippen LogP contribution in [0.2, 0.25) is 0 Å². The third kappa shape index (κ3) is 2.75. The van der Waals surface area contributed by atoms with E-state index in [9.17, 15) is 9.59 Å². The van der Waals surface area contributed by atoms with Gasteiger partial charge in [-0.25, -0.2) is 0 Å². The monoisotopic (exact) mass is 438 g/mol. The van der Waals surface area contributed by atoms with Crippen LogP contribution in [0.25, 0.3) is 0 Å². The Morgan fingerprint density at radius 1 is 1.03 bits per heavy atom. The molecule has 0 bridgehead atoms. The zero-order chi connectivity index (χ0) is 22.6. The normalized spacial score (nSPS) is 27.9. The number of hydrogen-bond acceptors (Lipinski definition) is 4. The number of nitrogens with zero attached hydrogens (tertiary/aromatic N) is 1. The fraction of sp³-hybridized carbons (Fsp3) is 0.286. The van der Waals surface area contributed by atoms with Gasteiger partial charge in [-0.1, -0.05) is 60.7 Å². The Hall–Kier alpha value is -3.44. The first kappa shape index (κ1) is 20.2. The third-order valence-corrected chi connectivity index (χ3v) is 7.73. The molecule has 3 aliphatic heterocycles. The van der Waals surface area contributed by atoms with Gasteiger partial charge in [0.2, 0.25) is 5.91 Å². The second-order valence-electron chi connectivity index (χ2n) is 9.18. The minimum Gasteiger partial charge on any atom is -0.497 e. The van der Waals surface area contributed by atoms with E-state index in [2.05, 4.69) is 22.3 Å². The van der Waals surface area contributed by atoms with E-state index >= 15 is 0 Å². The smallest absolute Gasteiger partial charge is 0.250 e. The Bertz CT molecular complexity index is 1230. The van der Waals surface area contributed by atoms with Crippen molar-refractivity contribution >= 4 is 17.4 Å². The van der Waals surface area contributed by atoms with Gasteiger partial charge in [-0.15, -0.1) is 0 Å². The first-order valence-corrected chi connectivity index (χ1v) is 11.6. The summed E-state index contributed by atoms with van der Waals surface area (Å²) >= 11 is 0. The molecular formula is C28H26N2O3. The Morgan fingerprint density at radius 3 is 2.48 bits per heavy atom. The summed E-state index contributed by atoms with van der Waals surface area (Å²) in [5.74, 6) is -0.0188. The molecule has 1 spiro atoms. The molecule has 5 nitrogen and oxygen atoms in total. The van der Waals surface area contributed by atoms with Crippen molar-refractivity contribution in [3.63, 3.8) is 0 Å². The average molecular weight is 439 g/mol. The topological polar surface area (TPSA) is 58.6 Å². The zero-order valence-corrected chi connectivity index (χ0v) is 18.5. The molecule has 166 valence electrons. The van der Waals surface area contributed by atoms with Crippen molar-refractivity contribution in [2.24, 2.45) is 5.92 Å². The minimum absolute atomic E-state index is 0.0182. The van der Waals surface area contributed by atoms with Crippen LogP contribution in [0, 0.1) is 5.92 Å². The maximum absolute atomic E-state index is 14.3. The van der Waals surface area contributed by atoms with Gasteiger partial charge in [-0.3, -0.25) is 14.5 Å². The van der Waals surface area contributed by atoms with E-state index in [4.69, 9.17) is 4.74 Å². The van der Waals surface area contributed by atoms with Crippen molar-refractivity contribution in [2.75, 3.05) is 19.0 Å². The van der Waals surface area contributed by atoms with E-state index in [0.717, 1.165) is 36.2 Å². The number of anilines is 1. The van der Waals surface area contributed by atoms with Gasteiger partial charge < -0.3 is 10.1 Å². The SMILES string of the molecule is COc1ccc2c(c1)C1(C(=O)N2)C(C(=O)c2ccccc2)C(c2ccccc2)C2CCCN21. The number of ether oxygens (including phenoxy) is 1. The number of hydrogen-bond donors (Lipinski definition) is 1. The Kier molecular flexibility index (Phi) is 4.63. The van der Waals surface area contributed by atoms with E-state index in [0.29, 0.717) is 11.3 Å². The molecule has 3 heterocycles. The van der Waals surface area contributed by atoms with E-state index in [1.54, 1.807) is 7.11 Å². The summed E-state index contributed by atoms with van der Waals surface area (Å²) in [4.78, 5) is 30.6. The first-order valence-electron chi connectivity index (χ1n) is 11.6. The molecule has 6 rings (SSSR count). The molecule has 3 aromatic rings. The highest BCUT2D eigenvalue weighted by Gasteiger charge is 2.69. The second-order valence-corrected chi connectivity index (χ2v) is 9.18. The van der Waals surface area contributed by atoms with Crippen molar-refractivity contribution in [1.29, 1.82) is 0 Å². The number of fused-ring (bicyclic) bond motifs is 4. The van der Waals surface area contributed by atoms with Gasteiger partial charge in [-0.2, -0.15) is 0 Å². The number of carbonyl (C=O) groups excluding carboxylic acids is 2. The summed E-state index contributed by atoms with van der Waals surface area (Å²) in [6.45, 7) is 0.788. The molecule has 1 N–H and O–H groups in total. The lowest BCUT2D eigenvalue weighted by atomic mass is 9.69. The van der Waals surface area contributed by atoms with Crippen molar-refractivity contribution in [1.82, 2.24) is 4.90 Å². The highest BCUT2D eigenvalue weighted by Crippen LogP contribution is 2.61. The van der Waals surface area contributed by atoms with Crippen LogP contribution < -0.4 is 10.1 Å². The average Bonchev–Trinajstić information content (AvgIpc) is 3.52. The maximum Gasteiger partial charge on any atom is 0.250 e. The van der Waals surface area contributed by atoms with Gasteiger partial charge in [0.15, 0.2) is 5.78 Å². The summed E-state index contributed by atoms with van der Waals surface area (Å²) in [5, 5.41) is 3.11. The van der Waals surface area contributed by atoms with E-state index in [1.165, 1.54) is 0 Å². The van der Waals surface area contributed by atoms with Crippen molar-refractivity contribution < 1.29 is 14.3 Å². The summed E-state index contributed by atoms with van der Waals surface area (Å²) in [6.07, 6.45) is 1.97. The van der Waals surface area contributed by atoms with Crippen LogP contribution in [0.3, 0.4) is 0 Å². The summed E-state index contributed by atoms with van der Waals surface area (Å²) in [5.41, 5.74) is 2.33. The molecule has 4 unspecified atom stereocenters. The van der Waals surface area contributed by atoms with E-state index in [1.807, 2.05) is 66.7 Å². The molecule has 1 amide bonds. The van der Waals surface area contributed by atoms with Crippen LogP contribution in [-0.4, -0.2) is 36.3 Å². The molecule has 2 saturated heterocycles. The quantitative estimate of drug-likeness (QED) is 0.605. The van der Waals surface area contributed by atoms with Gasteiger partial charge in [0.25, 0.3) is 0 Å². The Labute approximate surface area is 193 Å². The predicted molar refractivity (Wildman–Crippen MR) is 126 cm³/mol. The summed E-state index contributed by atoms with van der Waals surface area (Å²) in [6, 6.07) is 25.5. The zero-order valence-electron chi connectivity index (χ0n) is 18.5. The number of carbonyl (C=O) groups is 2. The molecule has 5 heteroatoms. The van der Waals surface area contributed by atoms with Crippen LogP contribution in [-0.2, 0) is 10.3 Å². The summed E-state index contributed by atoms with van der Waals surface area (Å²) < 4.78 is 5.54. The lowest BCUT2D eigenvalue weighted by Crippen LogP contribution is -2.52. The highest BCUT2D eigenvalue weighted by atomic mass is 16.5. The van der Waals surface area contributed by atoms with Gasteiger partial charge in [0, 0.05) is 28.8 Å². The number of nitrogens with one attached hydrogen (secondary N) is 1. The van der Waals surface area contributed by atoms with E-state index in [-0.39, 0.29) is 23.7 Å². The molecule has 3 aliphatic rings. The van der Waals surface area contributed by atoms with Crippen molar-refractivity contribution in [3.8, 4) is 5.75 Å². The number of rotatable bonds is 4. The lowest BCUT2D eigenvalue weighted by Gasteiger charge is -2.37. The molecule has 0 radical (unpaired) electrons. The van der Waals surface area contributed by atoms with Gasteiger partial charge in [-0.05, 0) is 43.1 Å². The van der Waals surface area contributed by atoms with Crippen LogP contribution >= 0.6 is 0 Å². The molecule has 0 aliphatic carbocycles. The minimum atomic E-state index is -1.06. The largest absolute Gasteiger partial charge is 0.497 e.